The predicted octanol–water partition coefficient (Wildman–Crippen LogP) is 5.19. The molecule has 3 fully saturated rings. The van der Waals surface area contributed by atoms with Crippen LogP contribution >= 0.6 is 0 Å². The standard InChI is InChI=1S/C21H35NO/c1-2-3-4-5-6-7-8-9-19-14-20(19)16-22(15-17-10-11-17)21(23)18-12-13-18/h6-7,17-20H,2-5,8-16H2,1H3. The molecule has 1 amide bonds. The normalized spacial score (nSPS) is 26.7. The van der Waals surface area contributed by atoms with Crippen molar-refractivity contribution in [2.75, 3.05) is 13.1 Å². The van der Waals surface area contributed by atoms with Crippen molar-refractivity contribution >= 4 is 5.91 Å². The Morgan fingerprint density at radius 3 is 2.48 bits per heavy atom. The fraction of sp³-hybridized carbons (Fsp3) is 0.857. The van der Waals surface area contributed by atoms with E-state index in [4.69, 9.17) is 0 Å². The Morgan fingerprint density at radius 2 is 1.78 bits per heavy atom. The lowest BCUT2D eigenvalue weighted by molar-refractivity contribution is -0.133. The van der Waals surface area contributed by atoms with Gasteiger partial charge < -0.3 is 4.90 Å². The molecule has 0 spiro atoms. The van der Waals surface area contributed by atoms with E-state index in [2.05, 4.69) is 24.0 Å². The fourth-order valence-corrected chi connectivity index (χ4v) is 3.68. The third-order valence-corrected chi connectivity index (χ3v) is 5.78. The summed E-state index contributed by atoms with van der Waals surface area (Å²) in [6, 6.07) is 0. The van der Waals surface area contributed by atoms with Crippen molar-refractivity contribution < 1.29 is 4.79 Å². The smallest absolute Gasteiger partial charge is 0.225 e. The molecule has 3 saturated carbocycles. The molecule has 3 aliphatic rings. The maximum atomic E-state index is 12.4. The number of unbranched alkanes of at least 4 members (excludes halogenated alkanes) is 3. The number of carbonyl (C=O) groups excluding carboxylic acids is 1. The van der Waals surface area contributed by atoms with Crippen LogP contribution in [0.5, 0.6) is 0 Å². The Morgan fingerprint density at radius 1 is 1.00 bits per heavy atom. The minimum Gasteiger partial charge on any atom is -0.342 e. The van der Waals surface area contributed by atoms with Crippen LogP contribution in [0.2, 0.25) is 0 Å². The predicted molar refractivity (Wildman–Crippen MR) is 96.1 cm³/mol. The van der Waals surface area contributed by atoms with Gasteiger partial charge in [0.15, 0.2) is 0 Å². The van der Waals surface area contributed by atoms with Crippen LogP contribution in [-0.4, -0.2) is 23.9 Å². The third-order valence-electron chi connectivity index (χ3n) is 5.78. The second-order valence-electron chi connectivity index (χ2n) is 8.26. The first-order valence-electron chi connectivity index (χ1n) is 10.2. The number of nitrogens with zero attached hydrogens (tertiary/aromatic N) is 1. The Kier molecular flexibility index (Phi) is 6.19. The zero-order valence-electron chi connectivity index (χ0n) is 15.0. The van der Waals surface area contributed by atoms with Crippen molar-refractivity contribution in [2.24, 2.45) is 23.7 Å². The quantitative estimate of drug-likeness (QED) is 0.358. The molecule has 3 aliphatic carbocycles. The monoisotopic (exact) mass is 317 g/mol. The highest BCUT2D eigenvalue weighted by molar-refractivity contribution is 5.81. The molecule has 0 heterocycles. The van der Waals surface area contributed by atoms with E-state index >= 15 is 0 Å². The summed E-state index contributed by atoms with van der Waals surface area (Å²) in [5.41, 5.74) is 0. The van der Waals surface area contributed by atoms with Crippen LogP contribution < -0.4 is 0 Å². The highest BCUT2D eigenvalue weighted by atomic mass is 16.2. The van der Waals surface area contributed by atoms with Gasteiger partial charge in [0, 0.05) is 19.0 Å². The SMILES string of the molecule is CCCCCC=CCCC1CC1CN(CC1CC1)C(=O)C1CC1. The number of amides is 1. The summed E-state index contributed by atoms with van der Waals surface area (Å²) in [4.78, 5) is 14.7. The summed E-state index contributed by atoms with van der Waals surface area (Å²) >= 11 is 0. The molecule has 0 aliphatic heterocycles. The van der Waals surface area contributed by atoms with Gasteiger partial charge in [0.25, 0.3) is 0 Å². The number of allylic oxidation sites excluding steroid dienone is 2. The maximum Gasteiger partial charge on any atom is 0.225 e. The molecule has 0 aromatic heterocycles. The average Bonchev–Trinajstić information content (AvgIpc) is 3.39. The van der Waals surface area contributed by atoms with Crippen molar-refractivity contribution in [2.45, 2.75) is 77.6 Å². The molecule has 0 N–H and O–H groups in total. The van der Waals surface area contributed by atoms with E-state index in [1.165, 1.54) is 57.8 Å². The molecule has 2 heteroatoms. The average molecular weight is 318 g/mol. The zero-order valence-corrected chi connectivity index (χ0v) is 15.0. The van der Waals surface area contributed by atoms with E-state index in [0.717, 1.165) is 43.7 Å². The Balaban J connectivity index is 1.30. The van der Waals surface area contributed by atoms with Crippen LogP contribution in [0.25, 0.3) is 0 Å². The van der Waals surface area contributed by atoms with Crippen LogP contribution in [0.4, 0.5) is 0 Å². The Hall–Kier alpha value is -0.790. The molecular weight excluding hydrogens is 282 g/mol. The summed E-state index contributed by atoms with van der Waals surface area (Å²) in [5.74, 6) is 3.42. The first-order chi connectivity index (χ1) is 11.3. The van der Waals surface area contributed by atoms with Crippen LogP contribution in [0.3, 0.4) is 0 Å². The summed E-state index contributed by atoms with van der Waals surface area (Å²) in [6.45, 7) is 4.39. The van der Waals surface area contributed by atoms with Crippen molar-refractivity contribution in [1.29, 1.82) is 0 Å². The molecule has 23 heavy (non-hydrogen) atoms. The molecule has 130 valence electrons. The molecule has 2 atom stereocenters. The topological polar surface area (TPSA) is 20.3 Å². The second kappa shape index (κ2) is 8.35. The molecule has 0 radical (unpaired) electrons. The van der Waals surface area contributed by atoms with Gasteiger partial charge in [-0.1, -0.05) is 31.9 Å². The summed E-state index contributed by atoms with van der Waals surface area (Å²) in [5, 5.41) is 0. The summed E-state index contributed by atoms with van der Waals surface area (Å²) in [6.07, 6.45) is 19.0. The van der Waals surface area contributed by atoms with Gasteiger partial charge in [-0.05, 0) is 75.5 Å². The lowest BCUT2D eigenvalue weighted by atomic mass is 10.1. The number of hydrogen-bond acceptors (Lipinski definition) is 1. The lowest BCUT2D eigenvalue weighted by Crippen LogP contribution is -2.36. The number of hydrogen-bond donors (Lipinski definition) is 0. The largest absolute Gasteiger partial charge is 0.342 e. The van der Waals surface area contributed by atoms with E-state index in [0.29, 0.717) is 11.8 Å². The minimum absolute atomic E-state index is 0.400. The molecular formula is C21H35NO. The van der Waals surface area contributed by atoms with Gasteiger partial charge >= 0.3 is 0 Å². The molecule has 2 unspecified atom stereocenters. The van der Waals surface area contributed by atoms with E-state index in [-0.39, 0.29) is 0 Å². The van der Waals surface area contributed by atoms with Gasteiger partial charge in [-0.3, -0.25) is 4.79 Å². The molecule has 0 aromatic carbocycles. The first-order valence-corrected chi connectivity index (χ1v) is 10.2. The van der Waals surface area contributed by atoms with Crippen LogP contribution in [0.1, 0.15) is 77.6 Å². The highest BCUT2D eigenvalue weighted by Crippen LogP contribution is 2.44. The number of rotatable bonds is 12. The van der Waals surface area contributed by atoms with Gasteiger partial charge in [-0.2, -0.15) is 0 Å². The van der Waals surface area contributed by atoms with E-state index in [1.807, 2.05) is 0 Å². The van der Waals surface area contributed by atoms with Crippen molar-refractivity contribution in [3.05, 3.63) is 12.2 Å². The molecule has 0 bridgehead atoms. The Labute approximate surface area is 142 Å². The van der Waals surface area contributed by atoms with E-state index in [9.17, 15) is 4.79 Å². The minimum atomic E-state index is 0.400. The van der Waals surface area contributed by atoms with Crippen molar-refractivity contribution in [1.82, 2.24) is 4.90 Å². The summed E-state index contributed by atoms with van der Waals surface area (Å²) in [7, 11) is 0. The van der Waals surface area contributed by atoms with Crippen molar-refractivity contribution in [3.8, 4) is 0 Å². The van der Waals surface area contributed by atoms with Crippen LogP contribution in [-0.2, 0) is 4.79 Å². The molecule has 2 nitrogen and oxygen atoms in total. The second-order valence-corrected chi connectivity index (χ2v) is 8.26. The zero-order chi connectivity index (χ0) is 16.1. The van der Waals surface area contributed by atoms with E-state index in [1.54, 1.807) is 0 Å². The molecule has 0 aromatic rings. The summed E-state index contributed by atoms with van der Waals surface area (Å²) < 4.78 is 0. The highest BCUT2D eigenvalue weighted by Gasteiger charge is 2.42. The fourth-order valence-electron chi connectivity index (χ4n) is 3.68. The molecule has 0 saturated heterocycles. The van der Waals surface area contributed by atoms with Gasteiger partial charge in [0.05, 0.1) is 0 Å². The van der Waals surface area contributed by atoms with Crippen molar-refractivity contribution in [3.63, 3.8) is 0 Å². The number of carbonyl (C=O) groups is 1. The van der Waals surface area contributed by atoms with Crippen LogP contribution in [0, 0.1) is 23.7 Å². The maximum absolute atomic E-state index is 12.4. The lowest BCUT2D eigenvalue weighted by Gasteiger charge is -2.23. The van der Waals surface area contributed by atoms with E-state index < -0.39 is 0 Å². The first kappa shape index (κ1) is 17.0. The Bertz CT molecular complexity index is 408. The molecule has 3 rings (SSSR count). The van der Waals surface area contributed by atoms with Gasteiger partial charge in [-0.25, -0.2) is 0 Å². The van der Waals surface area contributed by atoms with Gasteiger partial charge in [0.1, 0.15) is 0 Å². The van der Waals surface area contributed by atoms with Gasteiger partial charge in [0.2, 0.25) is 5.91 Å². The van der Waals surface area contributed by atoms with Crippen LogP contribution in [0.15, 0.2) is 12.2 Å². The van der Waals surface area contributed by atoms with Gasteiger partial charge in [-0.15, -0.1) is 0 Å². The third kappa shape index (κ3) is 5.97.